The standard InChI is InChI=1S/C18H22N6O2/c1-10-12(3)24(14(5)21-10)18-19-8-15(9-20-18)22-17(25)7-6-16-11(2)23-26-13(16)4/h8-9H,6-7H2,1-5H3,(H,22,25). The maximum absolute atomic E-state index is 12.2. The first-order valence-corrected chi connectivity index (χ1v) is 8.43. The lowest BCUT2D eigenvalue weighted by Gasteiger charge is -2.08. The first-order valence-electron chi connectivity index (χ1n) is 8.43. The van der Waals surface area contributed by atoms with E-state index in [9.17, 15) is 4.79 Å². The summed E-state index contributed by atoms with van der Waals surface area (Å²) in [6.07, 6.45) is 4.12. The van der Waals surface area contributed by atoms with Crippen molar-refractivity contribution in [3.05, 3.63) is 46.6 Å². The molecule has 0 saturated heterocycles. The second-order valence-electron chi connectivity index (χ2n) is 6.29. The second kappa shape index (κ2) is 7.07. The molecule has 0 fully saturated rings. The Morgan fingerprint density at radius 1 is 1.12 bits per heavy atom. The molecule has 0 atom stereocenters. The minimum Gasteiger partial charge on any atom is -0.361 e. The van der Waals surface area contributed by atoms with E-state index < -0.39 is 0 Å². The van der Waals surface area contributed by atoms with Gasteiger partial charge in [-0.05, 0) is 41.0 Å². The van der Waals surface area contributed by atoms with Crippen molar-refractivity contribution in [2.45, 2.75) is 47.5 Å². The lowest BCUT2D eigenvalue weighted by Crippen LogP contribution is -2.14. The maximum atomic E-state index is 12.2. The first kappa shape index (κ1) is 17.8. The number of amides is 1. The summed E-state index contributed by atoms with van der Waals surface area (Å²) < 4.78 is 7.00. The van der Waals surface area contributed by atoms with Crippen LogP contribution in [-0.4, -0.2) is 30.6 Å². The molecule has 3 aromatic heterocycles. The summed E-state index contributed by atoms with van der Waals surface area (Å²) in [5, 5.41) is 6.71. The van der Waals surface area contributed by atoms with Crippen LogP contribution in [0.15, 0.2) is 16.9 Å². The Morgan fingerprint density at radius 2 is 1.81 bits per heavy atom. The summed E-state index contributed by atoms with van der Waals surface area (Å²) in [5.41, 5.74) is 4.31. The number of carbonyl (C=O) groups is 1. The van der Waals surface area contributed by atoms with Crippen molar-refractivity contribution in [1.82, 2.24) is 24.7 Å². The molecule has 0 radical (unpaired) electrons. The molecule has 8 nitrogen and oxygen atoms in total. The highest BCUT2D eigenvalue weighted by molar-refractivity contribution is 5.90. The van der Waals surface area contributed by atoms with Crippen LogP contribution in [0.3, 0.4) is 0 Å². The Kier molecular flexibility index (Phi) is 4.83. The van der Waals surface area contributed by atoms with Gasteiger partial charge < -0.3 is 9.84 Å². The molecule has 136 valence electrons. The minimum atomic E-state index is -0.104. The van der Waals surface area contributed by atoms with E-state index in [1.54, 1.807) is 12.4 Å². The summed E-state index contributed by atoms with van der Waals surface area (Å²) in [5.74, 6) is 2.02. The average molecular weight is 354 g/mol. The second-order valence-corrected chi connectivity index (χ2v) is 6.29. The molecule has 26 heavy (non-hydrogen) atoms. The fourth-order valence-corrected chi connectivity index (χ4v) is 2.89. The molecule has 0 aliphatic rings. The number of imidazole rings is 1. The Balaban J connectivity index is 1.65. The van der Waals surface area contributed by atoms with Crippen LogP contribution in [0.5, 0.6) is 0 Å². The van der Waals surface area contributed by atoms with E-state index in [1.807, 2.05) is 39.2 Å². The van der Waals surface area contributed by atoms with Crippen LogP contribution in [0.4, 0.5) is 5.69 Å². The third-order valence-electron chi connectivity index (χ3n) is 4.42. The van der Waals surface area contributed by atoms with Gasteiger partial charge in [-0.15, -0.1) is 0 Å². The third kappa shape index (κ3) is 3.49. The quantitative estimate of drug-likeness (QED) is 0.756. The summed E-state index contributed by atoms with van der Waals surface area (Å²) in [4.78, 5) is 25.3. The Bertz CT molecular complexity index is 920. The molecule has 0 aliphatic carbocycles. The van der Waals surface area contributed by atoms with Gasteiger partial charge in [-0.2, -0.15) is 0 Å². The van der Waals surface area contributed by atoms with Crippen molar-refractivity contribution < 1.29 is 9.32 Å². The molecule has 0 saturated carbocycles. The van der Waals surface area contributed by atoms with E-state index in [-0.39, 0.29) is 5.91 Å². The van der Waals surface area contributed by atoms with E-state index in [0.29, 0.717) is 24.5 Å². The van der Waals surface area contributed by atoms with E-state index in [2.05, 4.69) is 25.4 Å². The maximum Gasteiger partial charge on any atom is 0.235 e. The monoisotopic (exact) mass is 354 g/mol. The van der Waals surface area contributed by atoms with Gasteiger partial charge in [0.05, 0.1) is 29.5 Å². The molecular formula is C18H22N6O2. The lowest BCUT2D eigenvalue weighted by molar-refractivity contribution is -0.116. The molecule has 3 rings (SSSR count). The van der Waals surface area contributed by atoms with Crippen LogP contribution in [0.1, 0.15) is 40.7 Å². The van der Waals surface area contributed by atoms with Crippen molar-refractivity contribution in [2.24, 2.45) is 0 Å². The van der Waals surface area contributed by atoms with Gasteiger partial charge in [-0.1, -0.05) is 5.16 Å². The van der Waals surface area contributed by atoms with Gasteiger partial charge in [0.15, 0.2) is 0 Å². The summed E-state index contributed by atoms with van der Waals surface area (Å²) in [6.45, 7) is 9.56. The molecule has 3 heterocycles. The number of hydrogen-bond acceptors (Lipinski definition) is 6. The highest BCUT2D eigenvalue weighted by Crippen LogP contribution is 2.16. The van der Waals surface area contributed by atoms with E-state index >= 15 is 0 Å². The number of anilines is 1. The fourth-order valence-electron chi connectivity index (χ4n) is 2.89. The number of nitrogens with one attached hydrogen (secondary N) is 1. The Labute approximate surface area is 151 Å². The van der Waals surface area contributed by atoms with Crippen molar-refractivity contribution in [3.8, 4) is 5.95 Å². The average Bonchev–Trinajstić information content (AvgIpc) is 3.05. The number of nitrogens with zero attached hydrogens (tertiary/aromatic N) is 5. The van der Waals surface area contributed by atoms with Gasteiger partial charge in [0.1, 0.15) is 11.6 Å². The molecule has 1 N–H and O–H groups in total. The molecule has 0 bridgehead atoms. The summed E-state index contributed by atoms with van der Waals surface area (Å²) in [6, 6.07) is 0. The van der Waals surface area contributed by atoms with Crippen LogP contribution >= 0.6 is 0 Å². The molecule has 0 aliphatic heterocycles. The Hall–Kier alpha value is -3.03. The minimum absolute atomic E-state index is 0.104. The zero-order chi connectivity index (χ0) is 18.8. The van der Waals surface area contributed by atoms with E-state index in [1.165, 1.54) is 0 Å². The first-order chi connectivity index (χ1) is 12.4. The molecule has 0 aromatic carbocycles. The predicted molar refractivity (Wildman–Crippen MR) is 96.3 cm³/mol. The highest BCUT2D eigenvalue weighted by Gasteiger charge is 2.13. The number of rotatable bonds is 5. The summed E-state index contributed by atoms with van der Waals surface area (Å²) in [7, 11) is 0. The summed E-state index contributed by atoms with van der Waals surface area (Å²) >= 11 is 0. The molecular weight excluding hydrogens is 332 g/mol. The van der Waals surface area contributed by atoms with Crippen LogP contribution < -0.4 is 5.32 Å². The van der Waals surface area contributed by atoms with Crippen molar-refractivity contribution in [3.63, 3.8) is 0 Å². The van der Waals surface area contributed by atoms with E-state index in [0.717, 1.165) is 34.2 Å². The number of aryl methyl sites for hydroxylation is 4. The van der Waals surface area contributed by atoms with Crippen molar-refractivity contribution in [2.75, 3.05) is 5.32 Å². The molecule has 0 unspecified atom stereocenters. The van der Waals surface area contributed by atoms with Crippen LogP contribution in [0, 0.1) is 34.6 Å². The molecule has 0 spiro atoms. The lowest BCUT2D eigenvalue weighted by atomic mass is 10.1. The Morgan fingerprint density at radius 3 is 2.35 bits per heavy atom. The van der Waals surface area contributed by atoms with Crippen LogP contribution in [0.25, 0.3) is 5.95 Å². The normalized spacial score (nSPS) is 11.0. The topological polar surface area (TPSA) is 98.7 Å². The zero-order valence-corrected chi connectivity index (χ0v) is 15.6. The molecule has 1 amide bonds. The molecule has 3 aromatic rings. The van der Waals surface area contributed by atoms with Crippen molar-refractivity contribution in [1.29, 1.82) is 0 Å². The van der Waals surface area contributed by atoms with Gasteiger partial charge in [0, 0.05) is 17.7 Å². The van der Waals surface area contributed by atoms with Gasteiger partial charge in [-0.3, -0.25) is 9.36 Å². The number of aromatic nitrogens is 5. The van der Waals surface area contributed by atoms with Crippen molar-refractivity contribution >= 4 is 11.6 Å². The van der Waals surface area contributed by atoms with Gasteiger partial charge in [0.2, 0.25) is 11.9 Å². The number of carbonyl (C=O) groups excluding carboxylic acids is 1. The zero-order valence-electron chi connectivity index (χ0n) is 15.6. The SMILES string of the molecule is Cc1noc(C)c1CCC(=O)Nc1cnc(-n2c(C)nc(C)c2C)nc1. The van der Waals surface area contributed by atoms with Crippen LogP contribution in [-0.2, 0) is 11.2 Å². The van der Waals surface area contributed by atoms with Crippen LogP contribution in [0.2, 0.25) is 0 Å². The third-order valence-corrected chi connectivity index (χ3v) is 4.42. The fraction of sp³-hybridized carbons (Fsp3) is 0.389. The number of hydrogen-bond donors (Lipinski definition) is 1. The largest absolute Gasteiger partial charge is 0.361 e. The van der Waals surface area contributed by atoms with Gasteiger partial charge >= 0.3 is 0 Å². The molecule has 8 heteroatoms. The predicted octanol–water partition coefficient (Wildman–Crippen LogP) is 2.76. The van der Waals surface area contributed by atoms with E-state index in [4.69, 9.17) is 4.52 Å². The van der Waals surface area contributed by atoms with Gasteiger partial charge in [-0.25, -0.2) is 15.0 Å². The smallest absolute Gasteiger partial charge is 0.235 e. The highest BCUT2D eigenvalue weighted by atomic mass is 16.5. The van der Waals surface area contributed by atoms with Gasteiger partial charge in [0.25, 0.3) is 0 Å².